The lowest BCUT2D eigenvalue weighted by Gasteiger charge is -2.21. The van der Waals surface area contributed by atoms with Gasteiger partial charge in [-0.3, -0.25) is 9.59 Å². The van der Waals surface area contributed by atoms with Gasteiger partial charge in [0.1, 0.15) is 0 Å². The number of benzene rings is 1. The molecule has 0 saturated carbocycles. The fourth-order valence-electron chi connectivity index (χ4n) is 2.57. The van der Waals surface area contributed by atoms with Crippen LogP contribution in [0.2, 0.25) is 5.02 Å². The van der Waals surface area contributed by atoms with Crippen LogP contribution < -0.4 is 5.32 Å². The van der Waals surface area contributed by atoms with E-state index in [1.807, 2.05) is 32.2 Å². The molecule has 1 amide bonds. The summed E-state index contributed by atoms with van der Waals surface area (Å²) < 4.78 is 0. The molecule has 2 atom stereocenters. The number of nitrogens with one attached hydrogen (secondary N) is 2. The number of rotatable bonds is 6. The number of ketones is 1. The predicted molar refractivity (Wildman–Crippen MR) is 89.1 cm³/mol. The molecule has 4 nitrogen and oxygen atoms in total. The Morgan fingerprint density at radius 1 is 1.36 bits per heavy atom. The average Bonchev–Trinajstić information content (AvgIpc) is 2.86. The van der Waals surface area contributed by atoms with Gasteiger partial charge in [-0.05, 0) is 36.6 Å². The highest BCUT2D eigenvalue weighted by atomic mass is 35.5. The number of carbonyl (C=O) groups excluding carboxylic acids is 2. The lowest BCUT2D eigenvalue weighted by atomic mass is 9.96. The Bertz CT molecular complexity index is 693. The maximum absolute atomic E-state index is 12.3. The third-order valence-electron chi connectivity index (χ3n) is 4.05. The second-order valence-electron chi connectivity index (χ2n) is 5.72. The van der Waals surface area contributed by atoms with Crippen LogP contribution in [0, 0.1) is 5.92 Å². The Morgan fingerprint density at radius 2 is 2.09 bits per heavy atom. The van der Waals surface area contributed by atoms with Crippen molar-refractivity contribution in [3.05, 3.63) is 35.0 Å². The van der Waals surface area contributed by atoms with E-state index < -0.39 is 6.04 Å². The van der Waals surface area contributed by atoms with Crippen molar-refractivity contribution < 1.29 is 9.59 Å². The highest BCUT2D eigenvalue weighted by molar-refractivity contribution is 6.31. The van der Waals surface area contributed by atoms with Crippen molar-refractivity contribution in [2.45, 2.75) is 39.7 Å². The van der Waals surface area contributed by atoms with Gasteiger partial charge in [0.15, 0.2) is 5.78 Å². The minimum absolute atomic E-state index is 0.00956. The number of hydrogen-bond acceptors (Lipinski definition) is 2. The SMILES string of the molecule is CC[C@H](C)[C@H](NC(=O)Cc1c[nH]c2ccc(Cl)cc12)C(C)=O. The second kappa shape index (κ2) is 6.97. The molecule has 1 aromatic carbocycles. The summed E-state index contributed by atoms with van der Waals surface area (Å²) >= 11 is 6.01. The van der Waals surface area contributed by atoms with Crippen LogP contribution >= 0.6 is 11.6 Å². The van der Waals surface area contributed by atoms with Gasteiger partial charge in [0.25, 0.3) is 0 Å². The molecule has 0 spiro atoms. The van der Waals surface area contributed by atoms with Gasteiger partial charge in [-0.15, -0.1) is 0 Å². The summed E-state index contributed by atoms with van der Waals surface area (Å²) in [5.41, 5.74) is 1.82. The number of carbonyl (C=O) groups is 2. The topological polar surface area (TPSA) is 62.0 Å². The lowest BCUT2D eigenvalue weighted by Crippen LogP contribution is -2.44. The Labute approximate surface area is 135 Å². The number of H-pyrrole nitrogens is 1. The van der Waals surface area contributed by atoms with Crippen molar-refractivity contribution in [3.63, 3.8) is 0 Å². The van der Waals surface area contributed by atoms with E-state index in [1.165, 1.54) is 6.92 Å². The fourth-order valence-corrected chi connectivity index (χ4v) is 2.75. The van der Waals surface area contributed by atoms with Crippen LogP contribution in [-0.4, -0.2) is 22.7 Å². The molecule has 2 rings (SSSR count). The number of fused-ring (bicyclic) bond motifs is 1. The van der Waals surface area contributed by atoms with Gasteiger partial charge in [-0.2, -0.15) is 0 Å². The van der Waals surface area contributed by atoms with Crippen molar-refractivity contribution in [2.24, 2.45) is 5.92 Å². The maximum Gasteiger partial charge on any atom is 0.225 e. The van der Waals surface area contributed by atoms with Crippen LogP contribution in [0.5, 0.6) is 0 Å². The zero-order chi connectivity index (χ0) is 16.3. The molecule has 22 heavy (non-hydrogen) atoms. The summed E-state index contributed by atoms with van der Waals surface area (Å²) in [5.74, 6) is -0.0371. The van der Waals surface area contributed by atoms with Gasteiger partial charge in [0.2, 0.25) is 5.91 Å². The van der Waals surface area contributed by atoms with Gasteiger partial charge in [-0.1, -0.05) is 31.9 Å². The third kappa shape index (κ3) is 3.69. The molecular weight excluding hydrogens is 300 g/mol. The highest BCUT2D eigenvalue weighted by Crippen LogP contribution is 2.22. The van der Waals surface area contributed by atoms with Crippen molar-refractivity contribution in [1.29, 1.82) is 0 Å². The molecular formula is C17H21ClN2O2. The van der Waals surface area contributed by atoms with E-state index in [0.29, 0.717) is 5.02 Å². The van der Waals surface area contributed by atoms with Crippen LogP contribution in [0.3, 0.4) is 0 Å². The van der Waals surface area contributed by atoms with Gasteiger partial charge in [-0.25, -0.2) is 0 Å². The van der Waals surface area contributed by atoms with Crippen LogP contribution in [-0.2, 0) is 16.0 Å². The smallest absolute Gasteiger partial charge is 0.225 e. The Kier molecular flexibility index (Phi) is 5.24. The van der Waals surface area contributed by atoms with Crippen molar-refractivity contribution in [1.82, 2.24) is 10.3 Å². The van der Waals surface area contributed by atoms with E-state index in [4.69, 9.17) is 11.6 Å². The van der Waals surface area contributed by atoms with Gasteiger partial charge >= 0.3 is 0 Å². The number of hydrogen-bond donors (Lipinski definition) is 2. The highest BCUT2D eigenvalue weighted by Gasteiger charge is 2.22. The first kappa shape index (κ1) is 16.6. The summed E-state index contributed by atoms with van der Waals surface area (Å²) in [5, 5.41) is 4.42. The number of Topliss-reactive ketones (excluding diaryl/α,β-unsaturated/α-hetero) is 1. The van der Waals surface area contributed by atoms with Crippen LogP contribution in [0.1, 0.15) is 32.8 Å². The molecule has 1 aromatic heterocycles. The van der Waals surface area contributed by atoms with Crippen LogP contribution in [0.15, 0.2) is 24.4 Å². The van der Waals surface area contributed by atoms with Gasteiger partial charge < -0.3 is 10.3 Å². The van der Waals surface area contributed by atoms with Gasteiger partial charge in [0, 0.05) is 22.1 Å². The zero-order valence-electron chi connectivity index (χ0n) is 13.1. The molecule has 2 N–H and O–H groups in total. The largest absolute Gasteiger partial charge is 0.361 e. The van der Waals surface area contributed by atoms with Crippen molar-refractivity contribution in [3.8, 4) is 0 Å². The number of amides is 1. The van der Waals surface area contributed by atoms with E-state index in [1.54, 1.807) is 6.07 Å². The molecule has 0 fully saturated rings. The van der Waals surface area contributed by atoms with Gasteiger partial charge in [0.05, 0.1) is 12.5 Å². The molecule has 0 aliphatic heterocycles. The Balaban J connectivity index is 2.13. The van der Waals surface area contributed by atoms with E-state index in [-0.39, 0.29) is 24.0 Å². The molecule has 0 unspecified atom stereocenters. The molecule has 5 heteroatoms. The molecule has 118 valence electrons. The predicted octanol–water partition coefficient (Wildman–Crippen LogP) is 3.48. The first-order chi connectivity index (χ1) is 10.4. The first-order valence-electron chi connectivity index (χ1n) is 7.47. The minimum Gasteiger partial charge on any atom is -0.361 e. The fraction of sp³-hybridized carbons (Fsp3) is 0.412. The van der Waals surface area contributed by atoms with Crippen molar-refractivity contribution in [2.75, 3.05) is 0 Å². The number of aromatic nitrogens is 1. The quantitative estimate of drug-likeness (QED) is 0.856. The molecule has 0 radical (unpaired) electrons. The Hall–Kier alpha value is -1.81. The monoisotopic (exact) mass is 320 g/mol. The van der Waals surface area contributed by atoms with E-state index >= 15 is 0 Å². The van der Waals surface area contributed by atoms with Crippen molar-refractivity contribution >= 4 is 34.2 Å². The van der Waals surface area contributed by atoms with E-state index in [9.17, 15) is 9.59 Å². The molecule has 2 aromatic rings. The summed E-state index contributed by atoms with van der Waals surface area (Å²) in [7, 11) is 0. The average molecular weight is 321 g/mol. The van der Waals surface area contributed by atoms with Crippen LogP contribution in [0.25, 0.3) is 10.9 Å². The van der Waals surface area contributed by atoms with Crippen LogP contribution in [0.4, 0.5) is 0 Å². The summed E-state index contributed by atoms with van der Waals surface area (Å²) in [6, 6.07) is 5.11. The lowest BCUT2D eigenvalue weighted by molar-refractivity contribution is -0.127. The molecule has 0 aliphatic rings. The minimum atomic E-state index is -0.425. The Morgan fingerprint density at radius 3 is 2.73 bits per heavy atom. The third-order valence-corrected chi connectivity index (χ3v) is 4.28. The number of aromatic amines is 1. The van der Waals surface area contributed by atoms with E-state index in [2.05, 4.69) is 10.3 Å². The summed E-state index contributed by atoms with van der Waals surface area (Å²) in [4.78, 5) is 27.1. The second-order valence-corrected chi connectivity index (χ2v) is 6.16. The maximum atomic E-state index is 12.3. The summed E-state index contributed by atoms with van der Waals surface area (Å²) in [6.07, 6.45) is 2.88. The molecule has 0 aliphatic carbocycles. The normalized spacial score (nSPS) is 13.8. The molecule has 0 bridgehead atoms. The first-order valence-corrected chi connectivity index (χ1v) is 7.85. The molecule has 1 heterocycles. The standard InChI is InChI=1S/C17H21ClN2O2/c1-4-10(2)17(11(3)21)20-16(22)7-12-9-19-15-6-5-13(18)8-14(12)15/h5-6,8-10,17,19H,4,7H2,1-3H3,(H,20,22)/t10-,17-/m0/s1. The zero-order valence-corrected chi connectivity index (χ0v) is 13.8. The molecule has 0 saturated heterocycles. The number of halogens is 1. The summed E-state index contributed by atoms with van der Waals surface area (Å²) in [6.45, 7) is 5.49. The van der Waals surface area contributed by atoms with E-state index in [0.717, 1.165) is 22.9 Å².